The lowest BCUT2D eigenvalue weighted by atomic mass is 10.0. The normalized spacial score (nSPS) is 29.0. The maximum atomic E-state index is 12.3. The number of rotatable bonds is 4. The van der Waals surface area contributed by atoms with Crippen molar-refractivity contribution in [3.8, 4) is 0 Å². The molecule has 3 rings (SSSR count). The van der Waals surface area contributed by atoms with E-state index < -0.39 is 34.4 Å². The van der Waals surface area contributed by atoms with Crippen LogP contribution in [-0.2, 0) is 24.3 Å². The zero-order valence-electron chi connectivity index (χ0n) is 13.2. The maximum absolute atomic E-state index is 12.3. The number of carbonyl (C=O) groups is 3. The molecule has 0 unspecified atom stereocenters. The van der Waals surface area contributed by atoms with Crippen LogP contribution >= 0.6 is 0 Å². The summed E-state index contributed by atoms with van der Waals surface area (Å²) < 4.78 is 34.7. The number of hydrogen-bond acceptors (Lipinski definition) is 7. The van der Waals surface area contributed by atoms with Crippen LogP contribution in [0.4, 0.5) is 4.79 Å². The fourth-order valence-electron chi connectivity index (χ4n) is 3.31. The lowest BCUT2D eigenvalue weighted by molar-refractivity contribution is -0.132. The smallest absolute Gasteiger partial charge is 0.309 e. The van der Waals surface area contributed by atoms with Gasteiger partial charge in [0.2, 0.25) is 0 Å². The van der Waals surface area contributed by atoms with E-state index in [0.717, 1.165) is 17.9 Å². The number of piperidine rings is 1. The summed E-state index contributed by atoms with van der Waals surface area (Å²) in [6.45, 7) is 0.826. The highest BCUT2D eigenvalue weighted by Gasteiger charge is 2.49. The van der Waals surface area contributed by atoms with Crippen LogP contribution in [0.15, 0.2) is 0 Å². The van der Waals surface area contributed by atoms with Gasteiger partial charge in [-0.2, -0.15) is 13.5 Å². The minimum absolute atomic E-state index is 0.0879. The Morgan fingerprint density at radius 3 is 2.56 bits per heavy atom. The number of nitrogens with zero attached hydrogens (tertiary/aromatic N) is 2. The lowest BCUT2D eigenvalue weighted by Gasteiger charge is -2.29. The first-order valence-electron chi connectivity index (χ1n) is 7.86. The molecular weight excluding hydrogens is 358 g/mol. The van der Waals surface area contributed by atoms with Crippen molar-refractivity contribution in [3.05, 3.63) is 0 Å². The third-order valence-corrected chi connectivity index (χ3v) is 4.83. The van der Waals surface area contributed by atoms with Gasteiger partial charge in [-0.3, -0.25) is 25.0 Å². The van der Waals surface area contributed by atoms with Gasteiger partial charge in [0.25, 0.3) is 11.8 Å². The van der Waals surface area contributed by atoms with Gasteiger partial charge in [-0.05, 0) is 32.2 Å². The number of nitrogens with one attached hydrogen (secondary N) is 3. The van der Waals surface area contributed by atoms with Crippen molar-refractivity contribution in [1.82, 2.24) is 26.1 Å². The fourth-order valence-corrected chi connectivity index (χ4v) is 3.69. The summed E-state index contributed by atoms with van der Waals surface area (Å²) in [6.07, 6.45) is 2.14. The van der Waals surface area contributed by atoms with Crippen LogP contribution in [0, 0.1) is 0 Å². The molecule has 12 nitrogen and oxygen atoms in total. The van der Waals surface area contributed by atoms with E-state index in [9.17, 15) is 22.8 Å². The molecule has 3 atom stereocenters. The quantitative estimate of drug-likeness (QED) is 0.320. The predicted molar refractivity (Wildman–Crippen MR) is 80.7 cm³/mol. The molecule has 3 heterocycles. The van der Waals surface area contributed by atoms with Crippen LogP contribution in [0.5, 0.6) is 0 Å². The van der Waals surface area contributed by atoms with Gasteiger partial charge in [0, 0.05) is 6.54 Å². The van der Waals surface area contributed by atoms with E-state index in [4.69, 9.17) is 4.55 Å². The Bertz CT molecular complexity index is 677. The monoisotopic (exact) mass is 377 g/mol. The molecule has 3 aliphatic heterocycles. The number of carbonyl (C=O) groups excluding carboxylic acids is 3. The van der Waals surface area contributed by atoms with Crippen molar-refractivity contribution in [2.24, 2.45) is 0 Å². The molecule has 2 bridgehead atoms. The highest BCUT2D eigenvalue weighted by atomic mass is 32.3. The van der Waals surface area contributed by atoms with Crippen LogP contribution < -0.4 is 16.2 Å². The van der Waals surface area contributed by atoms with Gasteiger partial charge in [0.1, 0.15) is 6.04 Å². The molecule has 25 heavy (non-hydrogen) atoms. The number of hydrogen-bond donors (Lipinski definition) is 4. The highest BCUT2D eigenvalue weighted by molar-refractivity contribution is 7.80. The van der Waals surface area contributed by atoms with E-state index in [-0.39, 0.29) is 24.9 Å². The Labute approximate surface area is 143 Å². The molecule has 4 amide bonds. The molecule has 3 saturated heterocycles. The van der Waals surface area contributed by atoms with E-state index in [1.807, 2.05) is 0 Å². The lowest BCUT2D eigenvalue weighted by Crippen LogP contribution is -2.56. The van der Waals surface area contributed by atoms with Crippen LogP contribution in [0.25, 0.3) is 0 Å². The van der Waals surface area contributed by atoms with Crippen LogP contribution in [0.3, 0.4) is 0 Å². The molecule has 0 aromatic heterocycles. The Balaban J connectivity index is 1.57. The van der Waals surface area contributed by atoms with Crippen molar-refractivity contribution in [3.63, 3.8) is 0 Å². The van der Waals surface area contributed by atoms with Crippen molar-refractivity contribution in [2.45, 2.75) is 43.8 Å². The topological polar surface area (TPSA) is 157 Å². The highest BCUT2D eigenvalue weighted by Crippen LogP contribution is 2.30. The van der Waals surface area contributed by atoms with E-state index in [1.165, 1.54) is 0 Å². The average molecular weight is 377 g/mol. The maximum Gasteiger partial charge on any atom is 0.418 e. The molecule has 0 aromatic rings. The Morgan fingerprint density at radius 1 is 1.20 bits per heavy atom. The second kappa shape index (κ2) is 6.74. The van der Waals surface area contributed by atoms with Gasteiger partial charge in [-0.25, -0.2) is 4.79 Å². The largest absolute Gasteiger partial charge is 0.418 e. The molecular formula is C12H19N5O7S. The molecule has 0 saturated carbocycles. The molecule has 140 valence electrons. The first kappa shape index (κ1) is 17.8. The van der Waals surface area contributed by atoms with Gasteiger partial charge >= 0.3 is 16.4 Å². The predicted octanol–water partition coefficient (Wildman–Crippen LogP) is -2.11. The zero-order chi connectivity index (χ0) is 18.2. The number of hydrazine groups is 1. The van der Waals surface area contributed by atoms with E-state index in [2.05, 4.69) is 20.5 Å². The molecule has 3 aliphatic rings. The van der Waals surface area contributed by atoms with Gasteiger partial charge in [-0.15, -0.1) is 4.28 Å². The first-order valence-corrected chi connectivity index (χ1v) is 9.23. The van der Waals surface area contributed by atoms with Crippen LogP contribution in [0.2, 0.25) is 0 Å². The van der Waals surface area contributed by atoms with Gasteiger partial charge in [0.05, 0.1) is 12.1 Å². The van der Waals surface area contributed by atoms with Crippen molar-refractivity contribution in [1.29, 1.82) is 0 Å². The van der Waals surface area contributed by atoms with E-state index >= 15 is 0 Å². The third-order valence-electron chi connectivity index (χ3n) is 4.49. The van der Waals surface area contributed by atoms with Crippen molar-refractivity contribution >= 4 is 28.2 Å². The molecule has 0 spiro atoms. The number of amides is 4. The van der Waals surface area contributed by atoms with Crippen molar-refractivity contribution < 1.29 is 31.6 Å². The summed E-state index contributed by atoms with van der Waals surface area (Å²) in [4.78, 5) is 37.5. The molecule has 0 radical (unpaired) electrons. The van der Waals surface area contributed by atoms with Crippen LogP contribution in [-0.4, -0.2) is 72.0 Å². The first-order chi connectivity index (χ1) is 11.8. The molecule has 4 N–H and O–H groups in total. The van der Waals surface area contributed by atoms with E-state index in [0.29, 0.717) is 17.9 Å². The summed E-state index contributed by atoms with van der Waals surface area (Å²) in [6, 6.07) is -2.63. The summed E-state index contributed by atoms with van der Waals surface area (Å²) in [5, 5.41) is 3.55. The van der Waals surface area contributed by atoms with Gasteiger partial charge in [0.15, 0.2) is 0 Å². The second-order valence-corrected chi connectivity index (χ2v) is 7.14. The minimum atomic E-state index is -4.83. The molecule has 3 fully saturated rings. The standard InChI is InChI=1S/C12H19N5O7S/c18-10(8-2-1-5-13-8)14-15-11(19)9-4-3-7-6-16(9)12(20)17(7)24-25(21,22)23/h7-9,13H,1-6H2,(H,14,18)(H,15,19)(H,21,22,23)/t7-,8-,9-/m0/s1. The fraction of sp³-hybridized carbons (Fsp3) is 0.750. The Kier molecular flexibility index (Phi) is 4.81. The summed E-state index contributed by atoms with van der Waals surface area (Å²) in [5.74, 6) is -0.935. The number of fused-ring (bicyclic) bond motifs is 2. The SMILES string of the molecule is O=C(NNC(=O)[C@@H]1CC[C@H]2CN1C(=O)N2OS(=O)(=O)O)[C@@H]1CCCN1. The summed E-state index contributed by atoms with van der Waals surface area (Å²) in [7, 11) is -4.83. The van der Waals surface area contributed by atoms with Crippen molar-refractivity contribution in [2.75, 3.05) is 13.1 Å². The van der Waals surface area contributed by atoms with Gasteiger partial charge < -0.3 is 10.2 Å². The van der Waals surface area contributed by atoms with E-state index in [1.54, 1.807) is 0 Å². The Morgan fingerprint density at radius 2 is 1.92 bits per heavy atom. The average Bonchev–Trinajstić information content (AvgIpc) is 3.16. The summed E-state index contributed by atoms with van der Waals surface area (Å²) in [5.41, 5.74) is 4.62. The molecule has 0 aliphatic carbocycles. The number of hydroxylamine groups is 2. The summed E-state index contributed by atoms with van der Waals surface area (Å²) >= 11 is 0. The minimum Gasteiger partial charge on any atom is -0.309 e. The zero-order valence-corrected chi connectivity index (χ0v) is 14.0. The second-order valence-electron chi connectivity index (χ2n) is 6.14. The molecule has 13 heteroatoms. The Hall–Kier alpha value is -1.96. The molecule has 0 aromatic carbocycles. The van der Waals surface area contributed by atoms with Gasteiger partial charge in [-0.1, -0.05) is 0 Å². The third kappa shape index (κ3) is 3.84. The van der Waals surface area contributed by atoms with Crippen LogP contribution in [0.1, 0.15) is 25.7 Å². The number of urea groups is 1.